The maximum Gasteiger partial charge on any atom is 0.316 e. The zero-order chi connectivity index (χ0) is 24.8. The van der Waals surface area contributed by atoms with Crippen molar-refractivity contribution in [1.29, 1.82) is 0 Å². The van der Waals surface area contributed by atoms with Crippen molar-refractivity contribution in [3.63, 3.8) is 0 Å². The predicted octanol–water partition coefficient (Wildman–Crippen LogP) is 2.11. The molecule has 0 bridgehead atoms. The zero-order valence-electron chi connectivity index (χ0n) is 18.9. The minimum atomic E-state index is -1.39. The highest BCUT2D eigenvalue weighted by molar-refractivity contribution is 6.14. The molecule has 3 amide bonds. The fourth-order valence-corrected chi connectivity index (χ4v) is 3.48. The van der Waals surface area contributed by atoms with Gasteiger partial charge in [-0.05, 0) is 47.0 Å². The van der Waals surface area contributed by atoms with Gasteiger partial charge in [0.1, 0.15) is 11.5 Å². The van der Waals surface area contributed by atoms with Gasteiger partial charge in [-0.15, -0.1) is 0 Å². The van der Waals surface area contributed by atoms with E-state index >= 15 is 0 Å². The molecular formula is C24H25N3O7. The van der Waals surface area contributed by atoms with E-state index in [2.05, 4.69) is 10.6 Å². The number of benzene rings is 2. The average molecular weight is 467 g/mol. The molecular weight excluding hydrogens is 442 g/mol. The number of hydrogen-bond donors (Lipinski definition) is 3. The van der Waals surface area contributed by atoms with Crippen molar-refractivity contribution in [2.75, 3.05) is 21.3 Å². The Bertz CT molecular complexity index is 1150. The number of amides is 3. The first kappa shape index (κ1) is 24.3. The molecule has 10 nitrogen and oxygen atoms in total. The zero-order valence-corrected chi connectivity index (χ0v) is 18.9. The lowest BCUT2D eigenvalue weighted by molar-refractivity contribution is -0.138. The van der Waals surface area contributed by atoms with Crippen LogP contribution in [0.5, 0.6) is 11.5 Å². The summed E-state index contributed by atoms with van der Waals surface area (Å²) in [6.07, 6.45) is 2.05. The molecule has 2 aromatic rings. The van der Waals surface area contributed by atoms with Gasteiger partial charge in [0.25, 0.3) is 5.91 Å². The summed E-state index contributed by atoms with van der Waals surface area (Å²) in [7, 11) is 4.49. The number of nitrogens with zero attached hydrogens (tertiary/aromatic N) is 1. The number of likely N-dealkylation sites (N-methyl/N-ethyl adjacent to an activating group) is 1. The van der Waals surface area contributed by atoms with Crippen LogP contribution in [0, 0.1) is 0 Å². The summed E-state index contributed by atoms with van der Waals surface area (Å²) >= 11 is 0. The van der Waals surface area contributed by atoms with Gasteiger partial charge in [0.05, 0.1) is 26.7 Å². The standard InChI is InChI=1S/C24H25N3O7/c1-27-8-7-20(28)22(23(27)31)26-24(32)25-19(13-21(29)30)16-9-15(11-18(12-16)34-3)14-5-4-6-17(10-14)33-2/h4-12,19,22H,13H2,1-3H3,(H,29,30)(H2,25,26,32). The Morgan fingerprint density at radius 2 is 1.76 bits per heavy atom. The smallest absolute Gasteiger partial charge is 0.316 e. The van der Waals surface area contributed by atoms with Crippen molar-refractivity contribution < 1.29 is 33.8 Å². The predicted molar refractivity (Wildman–Crippen MR) is 122 cm³/mol. The normalized spacial score (nSPS) is 16.1. The highest BCUT2D eigenvalue weighted by Gasteiger charge is 2.32. The van der Waals surface area contributed by atoms with Gasteiger partial charge in [0.2, 0.25) is 0 Å². The molecule has 0 saturated heterocycles. The van der Waals surface area contributed by atoms with Gasteiger partial charge in [0, 0.05) is 19.3 Å². The molecule has 2 unspecified atom stereocenters. The number of hydrogen-bond acceptors (Lipinski definition) is 6. The van der Waals surface area contributed by atoms with Crippen LogP contribution in [-0.4, -0.2) is 61.0 Å². The van der Waals surface area contributed by atoms with Crippen LogP contribution >= 0.6 is 0 Å². The second-order valence-electron chi connectivity index (χ2n) is 7.60. The highest BCUT2D eigenvalue weighted by atomic mass is 16.5. The summed E-state index contributed by atoms with van der Waals surface area (Å²) < 4.78 is 10.7. The van der Waals surface area contributed by atoms with Crippen molar-refractivity contribution in [3.05, 3.63) is 60.3 Å². The van der Waals surface area contributed by atoms with Crippen LogP contribution in [0.15, 0.2) is 54.7 Å². The van der Waals surface area contributed by atoms with E-state index in [4.69, 9.17) is 9.47 Å². The quantitative estimate of drug-likeness (QED) is 0.506. The minimum Gasteiger partial charge on any atom is -0.497 e. The molecule has 0 fully saturated rings. The Hall–Kier alpha value is -4.34. The van der Waals surface area contributed by atoms with Gasteiger partial charge in [-0.25, -0.2) is 4.79 Å². The number of aliphatic carboxylic acids is 1. The van der Waals surface area contributed by atoms with Crippen LogP contribution in [0.1, 0.15) is 18.0 Å². The monoisotopic (exact) mass is 467 g/mol. The number of urea groups is 1. The Kier molecular flexibility index (Phi) is 7.52. The average Bonchev–Trinajstić information content (AvgIpc) is 2.83. The SMILES string of the molecule is COc1cccc(-c2cc(OC)cc(C(CC(=O)O)NC(=O)NC3C(=O)C=CN(C)C3=O)c2)c1. The van der Waals surface area contributed by atoms with Crippen molar-refractivity contribution >= 4 is 23.7 Å². The number of carbonyl (C=O) groups excluding carboxylic acids is 3. The lowest BCUT2D eigenvalue weighted by Gasteiger charge is -2.25. The van der Waals surface area contributed by atoms with Crippen LogP contribution in [0.2, 0.25) is 0 Å². The van der Waals surface area contributed by atoms with E-state index in [1.165, 1.54) is 31.3 Å². The molecule has 178 valence electrons. The molecule has 0 spiro atoms. The van der Waals surface area contributed by atoms with Gasteiger partial charge < -0.3 is 30.1 Å². The van der Waals surface area contributed by atoms with E-state index in [1.54, 1.807) is 31.4 Å². The van der Waals surface area contributed by atoms with E-state index in [0.717, 1.165) is 11.1 Å². The summed E-state index contributed by atoms with van der Waals surface area (Å²) in [5.41, 5.74) is 1.98. The first-order valence-corrected chi connectivity index (χ1v) is 10.3. The molecule has 0 aliphatic carbocycles. The van der Waals surface area contributed by atoms with Crippen LogP contribution in [0.4, 0.5) is 4.79 Å². The number of carboxylic acid groups (broad SMARTS) is 1. The molecule has 0 aromatic heterocycles. The number of rotatable bonds is 8. The largest absolute Gasteiger partial charge is 0.497 e. The lowest BCUT2D eigenvalue weighted by Crippen LogP contribution is -2.55. The Morgan fingerprint density at radius 3 is 2.44 bits per heavy atom. The van der Waals surface area contributed by atoms with E-state index in [9.17, 15) is 24.3 Å². The summed E-state index contributed by atoms with van der Waals surface area (Å²) in [6.45, 7) is 0. The molecule has 2 atom stereocenters. The second kappa shape index (κ2) is 10.5. The van der Waals surface area contributed by atoms with Crippen molar-refractivity contribution in [2.45, 2.75) is 18.5 Å². The fourth-order valence-electron chi connectivity index (χ4n) is 3.48. The third kappa shape index (κ3) is 5.71. The third-order valence-corrected chi connectivity index (χ3v) is 5.27. The Labute approximate surface area is 196 Å². The maximum absolute atomic E-state index is 12.7. The maximum atomic E-state index is 12.7. The second-order valence-corrected chi connectivity index (χ2v) is 7.60. The van der Waals surface area contributed by atoms with Gasteiger partial charge in [0.15, 0.2) is 11.8 Å². The molecule has 10 heteroatoms. The number of ether oxygens (including phenoxy) is 2. The fraction of sp³-hybridized carbons (Fsp3) is 0.250. The van der Waals surface area contributed by atoms with Gasteiger partial charge in [-0.3, -0.25) is 14.4 Å². The molecule has 2 aromatic carbocycles. The van der Waals surface area contributed by atoms with Gasteiger partial charge >= 0.3 is 12.0 Å². The van der Waals surface area contributed by atoms with Gasteiger partial charge in [-0.2, -0.15) is 0 Å². The summed E-state index contributed by atoms with van der Waals surface area (Å²) in [6, 6.07) is 9.19. The molecule has 0 radical (unpaired) electrons. The minimum absolute atomic E-state index is 0.440. The highest BCUT2D eigenvalue weighted by Crippen LogP contribution is 2.31. The molecule has 0 saturated carbocycles. The lowest BCUT2D eigenvalue weighted by atomic mass is 9.97. The number of carboxylic acids is 1. The summed E-state index contributed by atoms with van der Waals surface area (Å²) in [5.74, 6) is -1.23. The molecule has 1 aliphatic rings. The van der Waals surface area contributed by atoms with E-state index < -0.39 is 42.2 Å². The number of ketones is 1. The van der Waals surface area contributed by atoms with Crippen LogP contribution in [-0.2, 0) is 14.4 Å². The number of nitrogens with one attached hydrogen (secondary N) is 2. The van der Waals surface area contributed by atoms with E-state index in [-0.39, 0.29) is 0 Å². The first-order chi connectivity index (χ1) is 16.2. The molecule has 1 heterocycles. The summed E-state index contributed by atoms with van der Waals surface area (Å²) in [4.78, 5) is 49.7. The van der Waals surface area contributed by atoms with Gasteiger partial charge in [-0.1, -0.05) is 12.1 Å². The van der Waals surface area contributed by atoms with Crippen molar-refractivity contribution in [1.82, 2.24) is 15.5 Å². The topological polar surface area (TPSA) is 134 Å². The molecule has 3 rings (SSSR count). The summed E-state index contributed by atoms with van der Waals surface area (Å²) in [5, 5.41) is 14.3. The van der Waals surface area contributed by atoms with Crippen molar-refractivity contribution in [3.8, 4) is 22.6 Å². The van der Waals surface area contributed by atoms with E-state index in [1.807, 2.05) is 18.2 Å². The Morgan fingerprint density at radius 1 is 1.06 bits per heavy atom. The molecule has 3 N–H and O–H groups in total. The molecule has 1 aliphatic heterocycles. The number of carbonyl (C=O) groups is 4. The van der Waals surface area contributed by atoms with Crippen molar-refractivity contribution in [2.24, 2.45) is 0 Å². The first-order valence-electron chi connectivity index (χ1n) is 10.3. The van der Waals surface area contributed by atoms with Crippen LogP contribution in [0.3, 0.4) is 0 Å². The van der Waals surface area contributed by atoms with E-state index in [0.29, 0.717) is 17.1 Å². The third-order valence-electron chi connectivity index (χ3n) is 5.27. The molecule has 34 heavy (non-hydrogen) atoms. The van der Waals surface area contributed by atoms with Crippen LogP contribution < -0.4 is 20.1 Å². The Balaban J connectivity index is 1.90. The number of methoxy groups -OCH3 is 2. The van der Waals surface area contributed by atoms with Crippen LogP contribution in [0.25, 0.3) is 11.1 Å².